The van der Waals surface area contributed by atoms with Gasteiger partial charge in [0.1, 0.15) is 5.69 Å². The number of carbonyl (C=O) groups is 1. The van der Waals surface area contributed by atoms with Gasteiger partial charge >= 0.3 is 10.2 Å². The monoisotopic (exact) mass is 296 g/mol. The summed E-state index contributed by atoms with van der Waals surface area (Å²) in [5, 5.41) is 3.95. The molecule has 0 spiro atoms. The molecule has 0 saturated carbocycles. The van der Waals surface area contributed by atoms with Crippen molar-refractivity contribution in [1.29, 1.82) is 0 Å². The Morgan fingerprint density at radius 2 is 1.90 bits per heavy atom. The molecule has 20 heavy (non-hydrogen) atoms. The summed E-state index contributed by atoms with van der Waals surface area (Å²) in [6, 6.07) is 8.51. The van der Waals surface area contributed by atoms with Gasteiger partial charge in [-0.2, -0.15) is 13.5 Å². The molecular weight excluding hydrogens is 283 g/mol. The lowest BCUT2D eigenvalue weighted by Crippen LogP contribution is -2.10. The summed E-state index contributed by atoms with van der Waals surface area (Å²) >= 11 is 0. The van der Waals surface area contributed by atoms with Crippen molar-refractivity contribution in [2.75, 3.05) is 5.75 Å². The molecular formula is C13H13FN2O3S. The van der Waals surface area contributed by atoms with E-state index in [4.69, 9.17) is 0 Å². The van der Waals surface area contributed by atoms with Crippen LogP contribution in [-0.2, 0) is 16.8 Å². The summed E-state index contributed by atoms with van der Waals surface area (Å²) in [6.45, 7) is 1.79. The van der Waals surface area contributed by atoms with Crippen molar-refractivity contribution in [3.05, 3.63) is 53.3 Å². The fourth-order valence-corrected chi connectivity index (χ4v) is 2.07. The van der Waals surface area contributed by atoms with E-state index in [0.717, 1.165) is 5.56 Å². The maximum atomic E-state index is 12.4. The van der Waals surface area contributed by atoms with Crippen molar-refractivity contribution in [1.82, 2.24) is 9.78 Å². The average molecular weight is 296 g/mol. The molecule has 0 aliphatic heterocycles. The Bertz CT molecular complexity index is 720. The highest BCUT2D eigenvalue weighted by Gasteiger charge is 2.13. The number of halogens is 1. The molecule has 106 valence electrons. The number of benzene rings is 1. The van der Waals surface area contributed by atoms with E-state index in [1.165, 1.54) is 16.9 Å². The van der Waals surface area contributed by atoms with Crippen LogP contribution in [0.2, 0.25) is 0 Å². The molecule has 1 heterocycles. The van der Waals surface area contributed by atoms with E-state index in [0.29, 0.717) is 5.56 Å². The maximum absolute atomic E-state index is 12.4. The van der Waals surface area contributed by atoms with Gasteiger partial charge in [0.25, 0.3) is 0 Å². The number of nitrogens with zero attached hydrogens (tertiary/aromatic N) is 2. The van der Waals surface area contributed by atoms with E-state index in [-0.39, 0.29) is 18.0 Å². The molecule has 2 aromatic rings. The summed E-state index contributed by atoms with van der Waals surface area (Å²) < 4.78 is 34.5. The molecule has 0 aliphatic carbocycles. The minimum Gasteiger partial charge on any atom is -0.287 e. The van der Waals surface area contributed by atoms with Crippen molar-refractivity contribution in [2.24, 2.45) is 0 Å². The Hall–Kier alpha value is -2.02. The molecule has 1 aromatic heterocycles. The van der Waals surface area contributed by atoms with Crippen molar-refractivity contribution < 1.29 is 17.1 Å². The summed E-state index contributed by atoms with van der Waals surface area (Å²) in [6.07, 6.45) is 1.45. The third-order valence-corrected chi connectivity index (χ3v) is 3.42. The summed E-state index contributed by atoms with van der Waals surface area (Å²) in [5.41, 5.74) is 1.74. The predicted molar refractivity (Wildman–Crippen MR) is 71.7 cm³/mol. The molecule has 2 rings (SSSR count). The van der Waals surface area contributed by atoms with E-state index in [1.807, 2.05) is 19.1 Å². The molecule has 0 fully saturated rings. The minimum absolute atomic E-state index is 0.125. The molecule has 0 saturated heterocycles. The predicted octanol–water partition coefficient (Wildman–Crippen LogP) is 1.72. The van der Waals surface area contributed by atoms with Crippen molar-refractivity contribution >= 4 is 16.0 Å². The number of hydrogen-bond donors (Lipinski definition) is 0. The number of carbonyl (C=O) groups excluding carboxylic acids is 1. The first kappa shape index (κ1) is 14.4. The molecule has 1 aromatic carbocycles. The van der Waals surface area contributed by atoms with Crippen LogP contribution in [0, 0.1) is 6.92 Å². The number of aromatic nitrogens is 2. The van der Waals surface area contributed by atoms with Crippen molar-refractivity contribution in [3.63, 3.8) is 0 Å². The standard InChI is InChI=1S/C13H13FN2O3S/c1-10-2-4-11(5-3-10)13(17)12-6-7-16(15-12)8-9-20(14,18)19/h2-7H,8-9H2,1H3. The van der Waals surface area contributed by atoms with E-state index in [1.54, 1.807) is 12.1 Å². The number of ketones is 1. The Morgan fingerprint density at radius 3 is 2.50 bits per heavy atom. The maximum Gasteiger partial charge on any atom is 0.304 e. The molecule has 0 unspecified atom stereocenters. The van der Waals surface area contributed by atoms with Gasteiger partial charge in [-0.3, -0.25) is 9.48 Å². The third kappa shape index (κ3) is 3.74. The lowest BCUT2D eigenvalue weighted by Gasteiger charge is -1.99. The van der Waals surface area contributed by atoms with E-state index in [9.17, 15) is 17.1 Å². The van der Waals surface area contributed by atoms with Crippen LogP contribution in [0.1, 0.15) is 21.6 Å². The van der Waals surface area contributed by atoms with Crippen LogP contribution in [0.25, 0.3) is 0 Å². The number of aryl methyl sites for hydroxylation is 2. The molecule has 0 atom stereocenters. The third-order valence-electron chi connectivity index (χ3n) is 2.75. The fourth-order valence-electron chi connectivity index (χ4n) is 1.66. The Kier molecular flexibility index (Phi) is 3.99. The van der Waals surface area contributed by atoms with Crippen LogP contribution in [0.3, 0.4) is 0 Å². The fraction of sp³-hybridized carbons (Fsp3) is 0.231. The highest BCUT2D eigenvalue weighted by atomic mass is 32.3. The zero-order valence-electron chi connectivity index (χ0n) is 10.8. The average Bonchev–Trinajstić information content (AvgIpc) is 2.84. The van der Waals surface area contributed by atoms with Crippen LogP contribution < -0.4 is 0 Å². The van der Waals surface area contributed by atoms with Gasteiger partial charge in [0.2, 0.25) is 5.78 Å². The van der Waals surface area contributed by atoms with Crippen LogP contribution in [-0.4, -0.2) is 29.7 Å². The van der Waals surface area contributed by atoms with Gasteiger partial charge in [0.15, 0.2) is 0 Å². The van der Waals surface area contributed by atoms with Crippen molar-refractivity contribution in [2.45, 2.75) is 13.5 Å². The van der Waals surface area contributed by atoms with E-state index >= 15 is 0 Å². The smallest absolute Gasteiger partial charge is 0.287 e. The van der Waals surface area contributed by atoms with Crippen LogP contribution >= 0.6 is 0 Å². The second-order valence-electron chi connectivity index (χ2n) is 4.40. The normalized spacial score (nSPS) is 11.5. The zero-order valence-corrected chi connectivity index (χ0v) is 11.6. The summed E-state index contributed by atoms with van der Waals surface area (Å²) in [4.78, 5) is 12.1. The molecule has 7 heteroatoms. The molecule has 0 aliphatic rings. The number of rotatable bonds is 5. The first-order valence-electron chi connectivity index (χ1n) is 5.92. The zero-order chi connectivity index (χ0) is 14.8. The van der Waals surface area contributed by atoms with Gasteiger partial charge in [-0.15, -0.1) is 3.89 Å². The van der Waals surface area contributed by atoms with Gasteiger partial charge in [-0.25, -0.2) is 0 Å². The van der Waals surface area contributed by atoms with Crippen LogP contribution in [0.5, 0.6) is 0 Å². The Balaban J connectivity index is 2.12. The number of hydrogen-bond acceptors (Lipinski definition) is 4. The van der Waals surface area contributed by atoms with E-state index in [2.05, 4.69) is 5.10 Å². The SMILES string of the molecule is Cc1ccc(C(=O)c2ccn(CCS(=O)(=O)F)n2)cc1. The molecule has 0 radical (unpaired) electrons. The lowest BCUT2D eigenvalue weighted by atomic mass is 10.1. The van der Waals surface area contributed by atoms with Crippen LogP contribution in [0.4, 0.5) is 3.89 Å². The second kappa shape index (κ2) is 5.54. The highest BCUT2D eigenvalue weighted by Crippen LogP contribution is 2.09. The second-order valence-corrected chi connectivity index (χ2v) is 5.89. The van der Waals surface area contributed by atoms with Gasteiger partial charge in [0.05, 0.1) is 12.3 Å². The first-order valence-corrected chi connectivity index (χ1v) is 7.47. The molecule has 0 amide bonds. The largest absolute Gasteiger partial charge is 0.304 e. The van der Waals surface area contributed by atoms with Crippen LogP contribution in [0.15, 0.2) is 36.5 Å². The molecule has 0 bridgehead atoms. The Labute approximate surface area is 116 Å². The highest BCUT2D eigenvalue weighted by molar-refractivity contribution is 7.86. The van der Waals surface area contributed by atoms with Gasteiger partial charge in [-0.1, -0.05) is 29.8 Å². The summed E-state index contributed by atoms with van der Waals surface area (Å²) in [5.74, 6) is -0.917. The quantitative estimate of drug-likeness (QED) is 0.622. The van der Waals surface area contributed by atoms with E-state index < -0.39 is 16.0 Å². The van der Waals surface area contributed by atoms with Crippen molar-refractivity contribution in [3.8, 4) is 0 Å². The van der Waals surface area contributed by atoms with Gasteiger partial charge in [0, 0.05) is 11.8 Å². The first-order chi connectivity index (χ1) is 9.35. The van der Waals surface area contributed by atoms with Gasteiger partial charge in [-0.05, 0) is 13.0 Å². The molecule has 0 N–H and O–H groups in total. The topological polar surface area (TPSA) is 69.0 Å². The minimum atomic E-state index is -4.54. The Morgan fingerprint density at radius 1 is 1.25 bits per heavy atom. The van der Waals surface area contributed by atoms with Gasteiger partial charge < -0.3 is 0 Å². The summed E-state index contributed by atoms with van der Waals surface area (Å²) in [7, 11) is -4.54. The lowest BCUT2D eigenvalue weighted by molar-refractivity contribution is 0.103. The molecule has 5 nitrogen and oxygen atoms in total.